The highest BCUT2D eigenvalue weighted by Gasteiger charge is 2.35. The molecule has 9 heteroatoms. The highest BCUT2D eigenvalue weighted by molar-refractivity contribution is 5.93. The van der Waals surface area contributed by atoms with E-state index in [1.165, 1.54) is 6.20 Å². The SMILES string of the molecule is COc1c(Nc2cc(NC(=O)C3CC3)ncc2C(F)C2CC2)cccc1-c1ncn(C)n1. The Labute approximate surface area is 185 Å². The Morgan fingerprint density at radius 2 is 2.03 bits per heavy atom. The number of halogens is 1. The highest BCUT2D eigenvalue weighted by Crippen LogP contribution is 2.47. The van der Waals surface area contributed by atoms with E-state index in [-0.39, 0.29) is 17.7 Å². The molecule has 2 fully saturated rings. The Morgan fingerprint density at radius 1 is 1.22 bits per heavy atom. The normalized spacial score (nSPS) is 16.5. The van der Waals surface area contributed by atoms with Crippen LogP contribution in [0.15, 0.2) is 36.8 Å². The van der Waals surface area contributed by atoms with E-state index in [1.54, 1.807) is 31.2 Å². The first-order valence-electron chi connectivity index (χ1n) is 10.8. The summed E-state index contributed by atoms with van der Waals surface area (Å²) in [7, 11) is 3.37. The van der Waals surface area contributed by atoms with Gasteiger partial charge < -0.3 is 15.4 Å². The van der Waals surface area contributed by atoms with Gasteiger partial charge in [0.25, 0.3) is 0 Å². The van der Waals surface area contributed by atoms with E-state index in [2.05, 4.69) is 25.7 Å². The van der Waals surface area contributed by atoms with Gasteiger partial charge in [0.15, 0.2) is 11.6 Å². The summed E-state index contributed by atoms with van der Waals surface area (Å²) in [4.78, 5) is 20.8. The number of methoxy groups -OCH3 is 1. The van der Waals surface area contributed by atoms with Crippen LogP contribution in [0.1, 0.15) is 37.4 Å². The fraction of sp³-hybridized carbons (Fsp3) is 0.391. The largest absolute Gasteiger partial charge is 0.494 e. The molecule has 0 aliphatic heterocycles. The second-order valence-electron chi connectivity index (χ2n) is 8.41. The average Bonchev–Trinajstić information content (AvgIpc) is 3.71. The Hall–Kier alpha value is -3.49. The van der Waals surface area contributed by atoms with Gasteiger partial charge in [0.2, 0.25) is 5.91 Å². The minimum Gasteiger partial charge on any atom is -0.494 e. The van der Waals surface area contributed by atoms with E-state index >= 15 is 4.39 Å². The molecule has 0 radical (unpaired) electrons. The van der Waals surface area contributed by atoms with Crippen molar-refractivity contribution < 1.29 is 13.9 Å². The van der Waals surface area contributed by atoms with E-state index in [9.17, 15) is 4.79 Å². The molecule has 3 aromatic rings. The predicted octanol–water partition coefficient (Wildman–Crippen LogP) is 4.40. The van der Waals surface area contributed by atoms with Crippen LogP contribution in [0.25, 0.3) is 11.4 Å². The lowest BCUT2D eigenvalue weighted by Gasteiger charge is -2.19. The average molecular weight is 436 g/mol. The molecule has 0 saturated heterocycles. The van der Waals surface area contributed by atoms with Crippen molar-refractivity contribution in [1.82, 2.24) is 19.7 Å². The van der Waals surface area contributed by atoms with Crippen LogP contribution < -0.4 is 15.4 Å². The summed E-state index contributed by atoms with van der Waals surface area (Å²) in [6.07, 6.45) is 5.54. The number of aryl methyl sites for hydroxylation is 1. The third-order valence-corrected chi connectivity index (χ3v) is 5.80. The van der Waals surface area contributed by atoms with Gasteiger partial charge >= 0.3 is 0 Å². The van der Waals surface area contributed by atoms with Crippen LogP contribution in [-0.2, 0) is 11.8 Å². The minimum atomic E-state index is -1.12. The number of alkyl halides is 1. The topological polar surface area (TPSA) is 94.0 Å². The van der Waals surface area contributed by atoms with Crippen LogP contribution in [0.2, 0.25) is 0 Å². The summed E-state index contributed by atoms with van der Waals surface area (Å²) < 4.78 is 22.4. The molecule has 2 aliphatic carbocycles. The van der Waals surface area contributed by atoms with E-state index in [4.69, 9.17) is 4.74 Å². The lowest BCUT2D eigenvalue weighted by Crippen LogP contribution is -2.15. The maximum atomic E-state index is 15.1. The first-order valence-corrected chi connectivity index (χ1v) is 10.8. The highest BCUT2D eigenvalue weighted by atomic mass is 19.1. The van der Waals surface area contributed by atoms with Crippen LogP contribution in [0.5, 0.6) is 5.75 Å². The summed E-state index contributed by atoms with van der Waals surface area (Å²) in [6, 6.07) is 7.27. The Bertz CT molecular complexity index is 1160. The number of nitrogens with one attached hydrogen (secondary N) is 2. The molecule has 2 N–H and O–H groups in total. The monoisotopic (exact) mass is 436 g/mol. The molecule has 8 nitrogen and oxygen atoms in total. The van der Waals surface area contributed by atoms with Gasteiger partial charge in [0.05, 0.1) is 18.4 Å². The molecule has 0 spiro atoms. The number of anilines is 3. The molecule has 166 valence electrons. The lowest BCUT2D eigenvalue weighted by molar-refractivity contribution is -0.117. The molecule has 1 atom stereocenters. The number of amides is 1. The first kappa shape index (κ1) is 20.4. The fourth-order valence-corrected chi connectivity index (χ4v) is 3.72. The van der Waals surface area contributed by atoms with Gasteiger partial charge in [-0.3, -0.25) is 9.48 Å². The van der Waals surface area contributed by atoms with Crippen LogP contribution in [0, 0.1) is 11.8 Å². The molecule has 1 unspecified atom stereocenters. The number of ether oxygens (including phenoxy) is 1. The number of rotatable bonds is 8. The number of para-hydroxylation sites is 1. The molecular formula is C23H25FN6O2. The minimum absolute atomic E-state index is 0.00945. The maximum absolute atomic E-state index is 15.1. The Kier molecular flexibility index (Phi) is 5.24. The van der Waals surface area contributed by atoms with Crippen LogP contribution in [0.4, 0.5) is 21.6 Å². The molecule has 2 saturated carbocycles. The maximum Gasteiger partial charge on any atom is 0.228 e. The van der Waals surface area contributed by atoms with Crippen LogP contribution >= 0.6 is 0 Å². The van der Waals surface area contributed by atoms with Gasteiger partial charge in [-0.1, -0.05) is 6.07 Å². The summed E-state index contributed by atoms with van der Waals surface area (Å²) >= 11 is 0. The molecule has 0 bridgehead atoms. The van der Waals surface area contributed by atoms with Crippen molar-refractivity contribution in [3.05, 3.63) is 42.4 Å². The fourth-order valence-electron chi connectivity index (χ4n) is 3.72. The van der Waals surface area contributed by atoms with Gasteiger partial charge in [-0.2, -0.15) is 5.10 Å². The molecule has 2 heterocycles. The smallest absolute Gasteiger partial charge is 0.228 e. The van der Waals surface area contributed by atoms with E-state index in [0.29, 0.717) is 34.3 Å². The van der Waals surface area contributed by atoms with Crippen molar-refractivity contribution in [3.63, 3.8) is 0 Å². The van der Waals surface area contributed by atoms with Crippen molar-refractivity contribution in [2.45, 2.75) is 31.9 Å². The van der Waals surface area contributed by atoms with Gasteiger partial charge in [-0.05, 0) is 43.7 Å². The summed E-state index contributed by atoms with van der Waals surface area (Å²) in [5.74, 6) is 1.49. The summed E-state index contributed by atoms with van der Waals surface area (Å²) in [5.41, 5.74) is 2.39. The second kappa shape index (κ2) is 8.22. The van der Waals surface area contributed by atoms with Crippen LogP contribution in [0.3, 0.4) is 0 Å². The zero-order valence-corrected chi connectivity index (χ0v) is 18.0. The number of benzene rings is 1. The molecule has 2 aromatic heterocycles. The third-order valence-electron chi connectivity index (χ3n) is 5.80. The van der Waals surface area contributed by atoms with Gasteiger partial charge in [-0.25, -0.2) is 14.4 Å². The Balaban J connectivity index is 1.51. The number of nitrogens with zero attached hydrogens (tertiary/aromatic N) is 4. The van der Waals surface area contributed by atoms with Crippen molar-refractivity contribution >= 4 is 23.1 Å². The summed E-state index contributed by atoms with van der Waals surface area (Å²) in [5, 5.41) is 10.5. The van der Waals surface area contributed by atoms with Crippen LogP contribution in [-0.4, -0.2) is 32.8 Å². The van der Waals surface area contributed by atoms with Crippen molar-refractivity contribution in [1.29, 1.82) is 0 Å². The van der Waals surface area contributed by atoms with Crippen molar-refractivity contribution in [3.8, 4) is 17.1 Å². The number of carbonyl (C=O) groups is 1. The molecule has 2 aliphatic rings. The zero-order valence-electron chi connectivity index (χ0n) is 18.0. The first-order chi connectivity index (χ1) is 15.5. The Morgan fingerprint density at radius 3 is 2.69 bits per heavy atom. The third kappa shape index (κ3) is 4.15. The number of hydrogen-bond acceptors (Lipinski definition) is 6. The van der Waals surface area contributed by atoms with E-state index in [1.807, 2.05) is 18.2 Å². The number of pyridine rings is 1. The zero-order chi connectivity index (χ0) is 22.2. The number of hydrogen-bond donors (Lipinski definition) is 2. The molecule has 1 aromatic carbocycles. The molecule has 1 amide bonds. The van der Waals surface area contributed by atoms with Crippen molar-refractivity contribution in [2.24, 2.45) is 18.9 Å². The molecule has 5 rings (SSSR count). The van der Waals surface area contributed by atoms with Crippen molar-refractivity contribution in [2.75, 3.05) is 17.7 Å². The van der Waals surface area contributed by atoms with Gasteiger partial charge in [-0.15, -0.1) is 0 Å². The molecule has 32 heavy (non-hydrogen) atoms. The van der Waals surface area contributed by atoms with E-state index in [0.717, 1.165) is 31.2 Å². The number of carbonyl (C=O) groups excluding carboxylic acids is 1. The predicted molar refractivity (Wildman–Crippen MR) is 118 cm³/mol. The van der Waals surface area contributed by atoms with Gasteiger partial charge in [0, 0.05) is 36.5 Å². The second-order valence-corrected chi connectivity index (χ2v) is 8.41. The standard InChI is InChI=1S/C23H25FN6O2/c1-30-12-26-22(29-30)15-4-3-5-17(21(15)32-2)27-18-10-19(28-23(31)14-8-9-14)25-11-16(18)20(24)13-6-7-13/h3-5,10-14,20H,6-9H2,1-2H3,(H2,25,27,28,31). The quantitative estimate of drug-likeness (QED) is 0.544. The van der Waals surface area contributed by atoms with Gasteiger partial charge in [0.1, 0.15) is 18.3 Å². The lowest BCUT2D eigenvalue weighted by atomic mass is 10.1. The number of aromatic nitrogens is 4. The van der Waals surface area contributed by atoms with E-state index < -0.39 is 6.17 Å². The summed E-state index contributed by atoms with van der Waals surface area (Å²) in [6.45, 7) is 0. The molecular weight excluding hydrogens is 411 g/mol.